The first-order chi connectivity index (χ1) is 8.01. The molecule has 4 N–H and O–H groups in total. The molecule has 110 valence electrons. The number of benzene rings is 1. The lowest BCUT2D eigenvalue weighted by Gasteiger charge is -2.39. The Hall–Kier alpha value is 0.300. The van der Waals surface area contributed by atoms with Gasteiger partial charge in [-0.15, -0.1) is 24.8 Å². The predicted octanol–water partition coefficient (Wildman–Crippen LogP) is 3.98. The smallest absolute Gasteiger partial charge is 0.0595 e. The minimum atomic E-state index is -0.296. The van der Waals surface area contributed by atoms with Crippen LogP contribution >= 0.6 is 48.0 Å². The molecular formula is C13H20Cl4N2. The van der Waals surface area contributed by atoms with Crippen LogP contribution in [0.2, 0.25) is 10.0 Å². The standard InChI is InChI=1S/C13H18Cl2N2.2ClH/c14-10-5-4-9(7-11(10)15)8-13(17)6-2-1-3-12(13)16;;/h4-5,7,12H,1-3,6,8,16-17H2;2*1H. The third kappa shape index (κ3) is 4.66. The first-order valence-corrected chi connectivity index (χ1v) is 6.75. The number of nitrogens with two attached hydrogens (primary N) is 2. The minimum absolute atomic E-state index is 0. The van der Waals surface area contributed by atoms with Crippen LogP contribution in [-0.4, -0.2) is 11.6 Å². The molecule has 0 radical (unpaired) electrons. The molecule has 2 rings (SSSR count). The lowest BCUT2D eigenvalue weighted by Crippen LogP contribution is -2.58. The maximum absolute atomic E-state index is 6.42. The molecule has 2 unspecified atom stereocenters. The first kappa shape index (κ1) is 19.3. The Morgan fingerprint density at radius 2 is 1.84 bits per heavy atom. The highest BCUT2D eigenvalue weighted by Gasteiger charge is 2.34. The Labute approximate surface area is 137 Å². The summed E-state index contributed by atoms with van der Waals surface area (Å²) in [7, 11) is 0. The maximum Gasteiger partial charge on any atom is 0.0595 e. The van der Waals surface area contributed by atoms with Gasteiger partial charge < -0.3 is 11.5 Å². The van der Waals surface area contributed by atoms with E-state index < -0.39 is 0 Å². The van der Waals surface area contributed by atoms with Crippen molar-refractivity contribution in [2.45, 2.75) is 43.7 Å². The highest BCUT2D eigenvalue weighted by molar-refractivity contribution is 6.42. The van der Waals surface area contributed by atoms with Gasteiger partial charge in [0.15, 0.2) is 0 Å². The van der Waals surface area contributed by atoms with Crippen LogP contribution in [0.5, 0.6) is 0 Å². The zero-order chi connectivity index (χ0) is 12.5. The van der Waals surface area contributed by atoms with E-state index in [4.69, 9.17) is 34.7 Å². The number of hydrogen-bond acceptors (Lipinski definition) is 2. The van der Waals surface area contributed by atoms with E-state index in [1.54, 1.807) is 0 Å². The Morgan fingerprint density at radius 1 is 1.16 bits per heavy atom. The molecule has 1 aromatic carbocycles. The van der Waals surface area contributed by atoms with E-state index in [1.165, 1.54) is 6.42 Å². The lowest BCUT2D eigenvalue weighted by atomic mass is 9.75. The zero-order valence-corrected chi connectivity index (χ0v) is 13.7. The Morgan fingerprint density at radius 3 is 2.42 bits per heavy atom. The van der Waals surface area contributed by atoms with Crippen LogP contribution in [0, 0.1) is 0 Å². The third-order valence-electron chi connectivity index (χ3n) is 3.66. The molecule has 0 aromatic heterocycles. The molecule has 0 aliphatic heterocycles. The van der Waals surface area contributed by atoms with Gasteiger partial charge in [-0.05, 0) is 37.0 Å². The molecule has 1 aromatic rings. The summed E-state index contributed by atoms with van der Waals surface area (Å²) >= 11 is 11.9. The third-order valence-corrected chi connectivity index (χ3v) is 4.40. The van der Waals surface area contributed by atoms with Crippen molar-refractivity contribution in [1.82, 2.24) is 0 Å². The van der Waals surface area contributed by atoms with E-state index in [1.807, 2.05) is 18.2 Å². The van der Waals surface area contributed by atoms with Gasteiger partial charge in [-0.25, -0.2) is 0 Å². The molecule has 19 heavy (non-hydrogen) atoms. The quantitative estimate of drug-likeness (QED) is 0.851. The summed E-state index contributed by atoms with van der Waals surface area (Å²) in [5.41, 5.74) is 13.4. The summed E-state index contributed by atoms with van der Waals surface area (Å²) in [5.74, 6) is 0. The van der Waals surface area contributed by atoms with Gasteiger partial charge in [0.05, 0.1) is 10.0 Å². The maximum atomic E-state index is 6.42. The molecule has 2 atom stereocenters. The topological polar surface area (TPSA) is 52.0 Å². The van der Waals surface area contributed by atoms with Gasteiger partial charge in [-0.1, -0.05) is 42.1 Å². The Balaban J connectivity index is 0.00000162. The summed E-state index contributed by atoms with van der Waals surface area (Å²) < 4.78 is 0. The Bertz CT molecular complexity index is 414. The Kier molecular flexibility index (Phi) is 8.04. The van der Waals surface area contributed by atoms with Crippen molar-refractivity contribution in [3.8, 4) is 0 Å². The lowest BCUT2D eigenvalue weighted by molar-refractivity contribution is 0.251. The van der Waals surface area contributed by atoms with E-state index in [2.05, 4.69) is 0 Å². The molecule has 1 fully saturated rings. The van der Waals surface area contributed by atoms with Crippen LogP contribution in [0.15, 0.2) is 18.2 Å². The van der Waals surface area contributed by atoms with Crippen molar-refractivity contribution in [1.29, 1.82) is 0 Å². The summed E-state index contributed by atoms with van der Waals surface area (Å²) in [6.45, 7) is 0. The summed E-state index contributed by atoms with van der Waals surface area (Å²) in [5, 5.41) is 1.16. The molecule has 1 aliphatic rings. The van der Waals surface area contributed by atoms with E-state index in [0.29, 0.717) is 10.0 Å². The zero-order valence-electron chi connectivity index (χ0n) is 10.6. The van der Waals surface area contributed by atoms with Crippen LogP contribution < -0.4 is 11.5 Å². The SMILES string of the molecule is Cl.Cl.NC1CCCCC1(N)Cc1ccc(Cl)c(Cl)c1. The average Bonchev–Trinajstić information content (AvgIpc) is 2.28. The molecule has 6 heteroatoms. The minimum Gasteiger partial charge on any atom is -0.326 e. The number of hydrogen-bond donors (Lipinski definition) is 2. The predicted molar refractivity (Wildman–Crippen MR) is 88.0 cm³/mol. The summed E-state index contributed by atoms with van der Waals surface area (Å²) in [4.78, 5) is 0. The van der Waals surface area contributed by atoms with Gasteiger partial charge in [0.1, 0.15) is 0 Å². The molecular weight excluding hydrogens is 326 g/mol. The molecule has 0 heterocycles. The van der Waals surface area contributed by atoms with Crippen LogP contribution in [0.4, 0.5) is 0 Å². The second-order valence-electron chi connectivity index (χ2n) is 5.01. The highest BCUT2D eigenvalue weighted by Crippen LogP contribution is 2.30. The summed E-state index contributed by atoms with van der Waals surface area (Å²) in [6, 6.07) is 5.76. The first-order valence-electron chi connectivity index (χ1n) is 6.00. The monoisotopic (exact) mass is 344 g/mol. The van der Waals surface area contributed by atoms with Gasteiger partial charge in [0.25, 0.3) is 0 Å². The summed E-state index contributed by atoms with van der Waals surface area (Å²) in [6.07, 6.45) is 5.10. The van der Waals surface area contributed by atoms with Crippen LogP contribution in [-0.2, 0) is 6.42 Å². The fourth-order valence-electron chi connectivity index (χ4n) is 2.54. The molecule has 0 spiro atoms. The van der Waals surface area contributed by atoms with Gasteiger partial charge in [-0.3, -0.25) is 0 Å². The van der Waals surface area contributed by atoms with Gasteiger partial charge in [0.2, 0.25) is 0 Å². The van der Waals surface area contributed by atoms with Crippen molar-refractivity contribution < 1.29 is 0 Å². The van der Waals surface area contributed by atoms with E-state index >= 15 is 0 Å². The molecule has 2 nitrogen and oxygen atoms in total. The molecule has 1 saturated carbocycles. The molecule has 1 aliphatic carbocycles. The van der Waals surface area contributed by atoms with Gasteiger partial charge in [-0.2, -0.15) is 0 Å². The van der Waals surface area contributed by atoms with Crippen LogP contribution in [0.1, 0.15) is 31.2 Å². The molecule has 0 bridgehead atoms. The van der Waals surface area contributed by atoms with Crippen molar-refractivity contribution in [3.63, 3.8) is 0 Å². The number of rotatable bonds is 2. The van der Waals surface area contributed by atoms with E-state index in [0.717, 1.165) is 31.2 Å². The fourth-order valence-corrected chi connectivity index (χ4v) is 2.86. The average molecular weight is 346 g/mol. The van der Waals surface area contributed by atoms with Gasteiger partial charge in [0, 0.05) is 11.6 Å². The van der Waals surface area contributed by atoms with Gasteiger partial charge >= 0.3 is 0 Å². The molecule has 0 amide bonds. The van der Waals surface area contributed by atoms with Crippen molar-refractivity contribution >= 4 is 48.0 Å². The van der Waals surface area contributed by atoms with E-state index in [9.17, 15) is 0 Å². The largest absolute Gasteiger partial charge is 0.326 e. The van der Waals surface area contributed by atoms with Crippen molar-refractivity contribution in [2.24, 2.45) is 11.5 Å². The van der Waals surface area contributed by atoms with Crippen molar-refractivity contribution in [2.75, 3.05) is 0 Å². The highest BCUT2D eigenvalue weighted by atomic mass is 35.5. The van der Waals surface area contributed by atoms with Crippen LogP contribution in [0.25, 0.3) is 0 Å². The second-order valence-corrected chi connectivity index (χ2v) is 5.83. The second kappa shape index (κ2) is 7.92. The normalized spacial score (nSPS) is 26.2. The number of halogens is 4. The molecule has 0 saturated heterocycles. The van der Waals surface area contributed by atoms with Crippen LogP contribution in [0.3, 0.4) is 0 Å². The van der Waals surface area contributed by atoms with Crippen molar-refractivity contribution in [3.05, 3.63) is 33.8 Å². The van der Waals surface area contributed by atoms with E-state index in [-0.39, 0.29) is 36.4 Å². The fraction of sp³-hybridized carbons (Fsp3) is 0.538.